The number of nitrogens with zero attached hydrogens (tertiary/aromatic N) is 1. The van der Waals surface area contributed by atoms with Gasteiger partial charge in [-0.2, -0.15) is 5.26 Å². The van der Waals surface area contributed by atoms with Crippen LogP contribution in [0.25, 0.3) is 0 Å². The molecule has 17 heavy (non-hydrogen) atoms. The molecule has 2 atom stereocenters. The number of carbonyl (C=O) groups is 1. The van der Waals surface area contributed by atoms with E-state index in [0.29, 0.717) is 18.4 Å². The molecule has 2 unspecified atom stereocenters. The van der Waals surface area contributed by atoms with Gasteiger partial charge in [0.15, 0.2) is 12.5 Å². The fraction of sp³-hybridized carbons (Fsp3) is 0.333. The molecule has 0 aromatic heterocycles. The molecule has 2 N–H and O–H groups in total. The molecule has 1 aromatic carbocycles. The number of hydrogen-bond acceptors (Lipinski definition) is 5. The van der Waals surface area contributed by atoms with Gasteiger partial charge in [-0.1, -0.05) is 18.2 Å². The van der Waals surface area contributed by atoms with Crippen molar-refractivity contribution in [1.29, 1.82) is 5.26 Å². The Kier molecular flexibility index (Phi) is 5.89. The molecular formula is C12H14N2O3. The zero-order valence-electron chi connectivity index (χ0n) is 9.24. The van der Waals surface area contributed by atoms with E-state index < -0.39 is 6.23 Å². The van der Waals surface area contributed by atoms with Gasteiger partial charge < -0.3 is 9.84 Å². The van der Waals surface area contributed by atoms with Gasteiger partial charge in [0, 0.05) is 6.54 Å². The summed E-state index contributed by atoms with van der Waals surface area (Å²) in [6.45, 7) is 0.525. The van der Waals surface area contributed by atoms with Crippen LogP contribution < -0.4 is 5.32 Å². The normalized spacial score (nSPS) is 22.1. The zero-order chi connectivity index (χ0) is 12.5. The van der Waals surface area contributed by atoms with Crippen molar-refractivity contribution in [3.8, 4) is 6.07 Å². The van der Waals surface area contributed by atoms with Crippen LogP contribution in [0.5, 0.6) is 0 Å². The molecule has 0 aliphatic carbocycles. The highest BCUT2D eigenvalue weighted by Gasteiger charge is 2.22. The van der Waals surface area contributed by atoms with Crippen molar-refractivity contribution in [3.63, 3.8) is 0 Å². The lowest BCUT2D eigenvalue weighted by molar-refractivity contribution is -0.118. The molecule has 1 saturated heterocycles. The molecule has 5 heteroatoms. The topological polar surface area (TPSA) is 82.4 Å². The van der Waals surface area contributed by atoms with Crippen LogP contribution in [0.15, 0.2) is 30.3 Å². The molecule has 2 rings (SSSR count). The van der Waals surface area contributed by atoms with Crippen molar-refractivity contribution >= 4 is 6.29 Å². The Morgan fingerprint density at radius 3 is 2.59 bits per heavy atom. The summed E-state index contributed by atoms with van der Waals surface area (Å²) in [5.74, 6) is 0. The summed E-state index contributed by atoms with van der Waals surface area (Å²) in [6.07, 6.45) is -0.0438. The van der Waals surface area contributed by atoms with Crippen molar-refractivity contribution in [2.45, 2.75) is 12.3 Å². The summed E-state index contributed by atoms with van der Waals surface area (Å²) in [4.78, 5) is 10.00. The van der Waals surface area contributed by atoms with Crippen LogP contribution in [0, 0.1) is 11.3 Å². The highest BCUT2D eigenvalue weighted by Crippen LogP contribution is 2.00. The van der Waals surface area contributed by atoms with Gasteiger partial charge in [0.1, 0.15) is 0 Å². The number of nitriles is 1. The molecule has 0 bridgehead atoms. The fourth-order valence-corrected chi connectivity index (χ4v) is 1.25. The Labute approximate surface area is 99.6 Å². The third-order valence-electron chi connectivity index (χ3n) is 2.12. The first-order valence-corrected chi connectivity index (χ1v) is 5.20. The van der Waals surface area contributed by atoms with E-state index in [1.54, 1.807) is 12.1 Å². The summed E-state index contributed by atoms with van der Waals surface area (Å²) in [5.41, 5.74) is 0.715. The maximum Gasteiger partial charge on any atom is 0.165 e. The summed E-state index contributed by atoms with van der Waals surface area (Å²) < 4.78 is 4.93. The molecule has 0 saturated carbocycles. The Morgan fingerprint density at radius 2 is 2.24 bits per heavy atom. The monoisotopic (exact) mass is 234 g/mol. The van der Waals surface area contributed by atoms with Gasteiger partial charge in [0.25, 0.3) is 0 Å². The van der Waals surface area contributed by atoms with Crippen molar-refractivity contribution < 1.29 is 14.6 Å². The summed E-state index contributed by atoms with van der Waals surface area (Å²) in [6, 6.07) is 11.2. The standard InChI is InChI=1S/C7H5N.C5H9NO3/c8-6-7-4-2-1-3-5-7;7-2-4-1-6-5(3-8)9-4/h1-5H;3-7H,1-2H2. The lowest BCUT2D eigenvalue weighted by Gasteiger charge is -2.02. The first-order chi connectivity index (χ1) is 8.30. The SMILES string of the molecule is N#Cc1ccccc1.O=CC1NCC(CO)O1. The second-order valence-corrected chi connectivity index (χ2v) is 3.38. The van der Waals surface area contributed by atoms with Gasteiger partial charge in [0.2, 0.25) is 0 Å². The van der Waals surface area contributed by atoms with E-state index in [0.717, 1.165) is 0 Å². The molecule has 1 aromatic rings. The average molecular weight is 234 g/mol. The molecule has 5 nitrogen and oxygen atoms in total. The van der Waals surface area contributed by atoms with Crippen LogP contribution in [0.2, 0.25) is 0 Å². The Hall–Kier alpha value is -1.74. The number of hydrogen-bond donors (Lipinski definition) is 2. The third kappa shape index (κ3) is 4.74. The van der Waals surface area contributed by atoms with Crippen LogP contribution in [0.1, 0.15) is 5.56 Å². The van der Waals surface area contributed by atoms with Crippen molar-refractivity contribution in [2.24, 2.45) is 0 Å². The second kappa shape index (κ2) is 7.52. The highest BCUT2D eigenvalue weighted by atomic mass is 16.5. The number of rotatable bonds is 2. The fourth-order valence-electron chi connectivity index (χ4n) is 1.25. The predicted molar refractivity (Wildman–Crippen MR) is 61.0 cm³/mol. The molecule has 1 aliphatic rings. The summed E-state index contributed by atoms with van der Waals surface area (Å²) in [7, 11) is 0. The first kappa shape index (κ1) is 13.3. The summed E-state index contributed by atoms with van der Waals surface area (Å²) >= 11 is 0. The number of carbonyl (C=O) groups excluding carboxylic acids is 1. The van der Waals surface area contributed by atoms with Crippen molar-refractivity contribution in [1.82, 2.24) is 5.32 Å². The molecular weight excluding hydrogens is 220 g/mol. The highest BCUT2D eigenvalue weighted by molar-refractivity contribution is 5.55. The van der Waals surface area contributed by atoms with E-state index in [4.69, 9.17) is 15.1 Å². The van der Waals surface area contributed by atoms with Gasteiger partial charge in [0.05, 0.1) is 24.3 Å². The quantitative estimate of drug-likeness (QED) is 0.706. The van der Waals surface area contributed by atoms with Crippen molar-refractivity contribution in [3.05, 3.63) is 35.9 Å². The van der Waals surface area contributed by atoms with E-state index >= 15 is 0 Å². The Balaban J connectivity index is 0.000000171. The number of nitrogens with one attached hydrogen (secondary N) is 1. The molecule has 1 heterocycles. The number of aldehydes is 1. The number of benzene rings is 1. The number of aliphatic hydroxyl groups is 1. The lowest BCUT2D eigenvalue weighted by Crippen LogP contribution is -2.23. The number of ether oxygens (including phenoxy) is 1. The van der Waals surface area contributed by atoms with Crippen LogP contribution >= 0.6 is 0 Å². The van der Waals surface area contributed by atoms with Gasteiger partial charge in [-0.3, -0.25) is 10.1 Å². The van der Waals surface area contributed by atoms with Gasteiger partial charge in [-0.25, -0.2) is 0 Å². The van der Waals surface area contributed by atoms with Crippen LogP contribution in [-0.2, 0) is 9.53 Å². The average Bonchev–Trinajstić information content (AvgIpc) is 2.88. The smallest absolute Gasteiger partial charge is 0.165 e. The summed E-state index contributed by atoms with van der Waals surface area (Å²) in [5, 5.41) is 19.5. The maximum atomic E-state index is 10.00. The third-order valence-corrected chi connectivity index (χ3v) is 2.12. The van der Waals surface area contributed by atoms with E-state index in [9.17, 15) is 4.79 Å². The van der Waals surface area contributed by atoms with Gasteiger partial charge in [-0.05, 0) is 12.1 Å². The zero-order valence-corrected chi connectivity index (χ0v) is 9.24. The van der Waals surface area contributed by atoms with E-state index in [-0.39, 0.29) is 12.7 Å². The lowest BCUT2D eigenvalue weighted by atomic mass is 10.2. The first-order valence-electron chi connectivity index (χ1n) is 5.20. The van der Waals surface area contributed by atoms with Crippen LogP contribution in [0.3, 0.4) is 0 Å². The van der Waals surface area contributed by atoms with Crippen molar-refractivity contribution in [2.75, 3.05) is 13.2 Å². The molecule has 0 spiro atoms. The second-order valence-electron chi connectivity index (χ2n) is 3.38. The Morgan fingerprint density at radius 1 is 1.53 bits per heavy atom. The number of aliphatic hydroxyl groups excluding tert-OH is 1. The molecule has 0 radical (unpaired) electrons. The maximum absolute atomic E-state index is 10.00. The minimum absolute atomic E-state index is 0.0304. The van der Waals surface area contributed by atoms with Crippen LogP contribution in [-0.4, -0.2) is 36.9 Å². The van der Waals surface area contributed by atoms with E-state index in [2.05, 4.69) is 5.32 Å². The predicted octanol–water partition coefficient (Wildman–Crippen LogP) is 0.0504. The van der Waals surface area contributed by atoms with Crippen LogP contribution in [0.4, 0.5) is 0 Å². The Bertz CT molecular complexity index is 375. The molecule has 0 amide bonds. The van der Waals surface area contributed by atoms with E-state index in [1.807, 2.05) is 24.3 Å². The largest absolute Gasteiger partial charge is 0.394 e. The molecule has 90 valence electrons. The van der Waals surface area contributed by atoms with Gasteiger partial charge in [-0.15, -0.1) is 0 Å². The van der Waals surface area contributed by atoms with E-state index in [1.165, 1.54) is 0 Å². The molecule has 1 aliphatic heterocycles. The minimum atomic E-state index is -0.512. The van der Waals surface area contributed by atoms with Gasteiger partial charge >= 0.3 is 0 Å². The molecule has 1 fully saturated rings. The minimum Gasteiger partial charge on any atom is -0.394 e.